The Kier molecular flexibility index (Phi) is 2.90. The van der Waals surface area contributed by atoms with Crippen LogP contribution >= 0.6 is 0 Å². The van der Waals surface area contributed by atoms with Crippen LogP contribution in [0.25, 0.3) is 0 Å². The number of nitrogens with one attached hydrogen (secondary N) is 1. The molecule has 0 spiro atoms. The minimum Gasteiger partial charge on any atom is -0.352 e. The monoisotopic (exact) mass is 197 g/mol. The average Bonchev–Trinajstić information content (AvgIpc) is 2.46. The molecule has 0 saturated carbocycles. The van der Waals surface area contributed by atoms with Crippen molar-refractivity contribution in [3.8, 4) is 0 Å². The Morgan fingerprint density at radius 1 is 1.57 bits per heavy atom. The largest absolute Gasteiger partial charge is 0.453 e. The lowest BCUT2D eigenvalue weighted by Crippen LogP contribution is -2.39. The molecule has 0 aromatic carbocycles. The summed E-state index contributed by atoms with van der Waals surface area (Å²) in [6, 6.07) is 1.73. The third kappa shape index (κ3) is 2.85. The summed E-state index contributed by atoms with van der Waals surface area (Å²) in [5.74, 6) is 0. The van der Waals surface area contributed by atoms with Gasteiger partial charge in [0.1, 0.15) is 0 Å². The second-order valence-corrected chi connectivity index (χ2v) is 4.10. The molecule has 0 fully saturated rings. The van der Waals surface area contributed by atoms with E-state index < -0.39 is 6.09 Å². The number of hydroxylamine groups is 1. The standard InChI is InChI=1S/C9H15N3O2/c1-7-5-6-10-12(7)8(13)14-11-9(2,3)4/h5-6,11H,1-4H3. The Balaban J connectivity index is 2.56. The van der Waals surface area contributed by atoms with Crippen molar-refractivity contribution in [2.24, 2.45) is 0 Å². The van der Waals surface area contributed by atoms with Crippen LogP contribution in [0.1, 0.15) is 26.5 Å². The van der Waals surface area contributed by atoms with E-state index in [1.54, 1.807) is 19.2 Å². The molecule has 5 heteroatoms. The van der Waals surface area contributed by atoms with Gasteiger partial charge < -0.3 is 4.84 Å². The molecule has 0 amide bonds. The van der Waals surface area contributed by atoms with Gasteiger partial charge in [0, 0.05) is 17.4 Å². The van der Waals surface area contributed by atoms with Crippen LogP contribution in [0.3, 0.4) is 0 Å². The van der Waals surface area contributed by atoms with Gasteiger partial charge in [0.25, 0.3) is 0 Å². The lowest BCUT2D eigenvalue weighted by molar-refractivity contribution is 0.0462. The molecule has 0 radical (unpaired) electrons. The molecule has 0 unspecified atom stereocenters. The maximum absolute atomic E-state index is 11.4. The first kappa shape index (κ1) is 10.7. The fourth-order valence-corrected chi connectivity index (χ4v) is 0.801. The average molecular weight is 197 g/mol. The maximum Gasteiger partial charge on any atom is 0.453 e. The van der Waals surface area contributed by atoms with Crippen LogP contribution in [0.4, 0.5) is 4.79 Å². The zero-order valence-corrected chi connectivity index (χ0v) is 8.87. The summed E-state index contributed by atoms with van der Waals surface area (Å²) < 4.78 is 1.19. The summed E-state index contributed by atoms with van der Waals surface area (Å²) in [4.78, 5) is 16.2. The molecule has 0 bridgehead atoms. The quantitative estimate of drug-likeness (QED) is 0.693. The van der Waals surface area contributed by atoms with Crippen molar-refractivity contribution in [1.82, 2.24) is 15.3 Å². The van der Waals surface area contributed by atoms with Crippen molar-refractivity contribution >= 4 is 6.09 Å². The van der Waals surface area contributed by atoms with E-state index in [-0.39, 0.29) is 5.54 Å². The van der Waals surface area contributed by atoms with Crippen LogP contribution < -0.4 is 5.48 Å². The Labute approximate surface area is 83.0 Å². The third-order valence-electron chi connectivity index (χ3n) is 1.45. The van der Waals surface area contributed by atoms with Crippen LogP contribution in [0, 0.1) is 6.92 Å². The van der Waals surface area contributed by atoms with Crippen LogP contribution in [0.15, 0.2) is 12.3 Å². The molecule has 78 valence electrons. The minimum absolute atomic E-state index is 0.267. The van der Waals surface area contributed by atoms with Gasteiger partial charge in [0.05, 0.1) is 0 Å². The summed E-state index contributed by atoms with van der Waals surface area (Å²) in [6.45, 7) is 7.48. The SMILES string of the molecule is Cc1ccnn1C(=O)ONC(C)(C)C. The highest BCUT2D eigenvalue weighted by Gasteiger charge is 2.15. The number of hydrogen-bond acceptors (Lipinski definition) is 4. The Hall–Kier alpha value is -1.36. The summed E-state index contributed by atoms with van der Waals surface area (Å²) >= 11 is 0. The van der Waals surface area contributed by atoms with Crippen molar-refractivity contribution in [2.75, 3.05) is 0 Å². The van der Waals surface area contributed by atoms with E-state index in [4.69, 9.17) is 4.84 Å². The Morgan fingerprint density at radius 3 is 2.64 bits per heavy atom. The van der Waals surface area contributed by atoms with Crippen LogP contribution in [0.5, 0.6) is 0 Å². The molecule has 0 saturated heterocycles. The molecule has 0 aliphatic heterocycles. The number of rotatable bonds is 1. The number of carbonyl (C=O) groups excluding carboxylic acids is 1. The molecule has 1 rings (SSSR count). The highest BCUT2D eigenvalue weighted by molar-refractivity contribution is 5.69. The van der Waals surface area contributed by atoms with E-state index in [1.165, 1.54) is 4.68 Å². The van der Waals surface area contributed by atoms with Crippen LogP contribution in [-0.4, -0.2) is 21.4 Å². The zero-order valence-electron chi connectivity index (χ0n) is 8.87. The topological polar surface area (TPSA) is 56.2 Å². The first-order valence-corrected chi connectivity index (χ1v) is 4.39. The van der Waals surface area contributed by atoms with Crippen molar-refractivity contribution < 1.29 is 9.63 Å². The van der Waals surface area contributed by atoms with Gasteiger partial charge in [-0.25, -0.2) is 4.79 Å². The maximum atomic E-state index is 11.4. The summed E-state index contributed by atoms with van der Waals surface area (Å²) in [5, 5.41) is 3.82. The van der Waals surface area contributed by atoms with Gasteiger partial charge in [-0.2, -0.15) is 9.78 Å². The van der Waals surface area contributed by atoms with Gasteiger partial charge in [-0.05, 0) is 33.8 Å². The van der Waals surface area contributed by atoms with Crippen molar-refractivity contribution in [3.05, 3.63) is 18.0 Å². The summed E-state index contributed by atoms with van der Waals surface area (Å²) in [5.41, 5.74) is 3.10. The number of hydrogen-bond donors (Lipinski definition) is 1. The molecule has 1 N–H and O–H groups in total. The summed E-state index contributed by atoms with van der Waals surface area (Å²) in [7, 11) is 0. The van der Waals surface area contributed by atoms with E-state index in [0.29, 0.717) is 0 Å². The molecular formula is C9H15N3O2. The lowest BCUT2D eigenvalue weighted by atomic mass is 10.1. The van der Waals surface area contributed by atoms with Crippen molar-refractivity contribution in [3.63, 3.8) is 0 Å². The molecular weight excluding hydrogens is 182 g/mol. The van der Waals surface area contributed by atoms with Gasteiger partial charge in [-0.15, -0.1) is 5.48 Å². The Bertz CT molecular complexity index is 325. The predicted molar refractivity (Wildman–Crippen MR) is 51.7 cm³/mol. The van der Waals surface area contributed by atoms with Crippen molar-refractivity contribution in [1.29, 1.82) is 0 Å². The molecule has 5 nitrogen and oxygen atoms in total. The third-order valence-corrected chi connectivity index (χ3v) is 1.45. The zero-order chi connectivity index (χ0) is 10.8. The fourth-order valence-electron chi connectivity index (χ4n) is 0.801. The van der Waals surface area contributed by atoms with E-state index in [1.807, 2.05) is 20.8 Å². The molecule has 0 aliphatic carbocycles. The van der Waals surface area contributed by atoms with Gasteiger partial charge in [-0.3, -0.25) is 0 Å². The molecule has 1 aromatic heterocycles. The lowest BCUT2D eigenvalue weighted by Gasteiger charge is -2.18. The predicted octanol–water partition coefficient (Wildman–Crippen LogP) is 1.48. The number of aromatic nitrogens is 2. The van der Waals surface area contributed by atoms with E-state index in [9.17, 15) is 4.79 Å². The van der Waals surface area contributed by atoms with E-state index in [2.05, 4.69) is 10.6 Å². The fraction of sp³-hybridized carbons (Fsp3) is 0.556. The first-order chi connectivity index (χ1) is 6.40. The number of nitrogens with zero attached hydrogens (tertiary/aromatic N) is 2. The van der Waals surface area contributed by atoms with Crippen LogP contribution in [0.2, 0.25) is 0 Å². The van der Waals surface area contributed by atoms with E-state index >= 15 is 0 Å². The van der Waals surface area contributed by atoms with Crippen molar-refractivity contribution in [2.45, 2.75) is 33.2 Å². The van der Waals surface area contributed by atoms with Gasteiger partial charge >= 0.3 is 6.09 Å². The molecule has 14 heavy (non-hydrogen) atoms. The highest BCUT2D eigenvalue weighted by atomic mass is 16.7. The smallest absolute Gasteiger partial charge is 0.352 e. The second kappa shape index (κ2) is 3.79. The highest BCUT2D eigenvalue weighted by Crippen LogP contribution is 2.00. The van der Waals surface area contributed by atoms with Gasteiger partial charge in [0.15, 0.2) is 0 Å². The molecule has 0 atom stereocenters. The summed E-state index contributed by atoms with van der Waals surface area (Å²) in [6.07, 6.45) is 1.02. The van der Waals surface area contributed by atoms with Gasteiger partial charge in [0.2, 0.25) is 0 Å². The second-order valence-electron chi connectivity index (χ2n) is 4.10. The molecule has 1 heterocycles. The normalized spacial score (nSPS) is 11.4. The molecule has 0 aliphatic rings. The minimum atomic E-state index is -0.526. The van der Waals surface area contributed by atoms with Gasteiger partial charge in [-0.1, -0.05) is 0 Å². The first-order valence-electron chi connectivity index (χ1n) is 4.39. The molecule has 1 aromatic rings. The van der Waals surface area contributed by atoms with E-state index in [0.717, 1.165) is 5.69 Å². The Morgan fingerprint density at radius 2 is 2.21 bits per heavy atom. The number of carbonyl (C=O) groups is 1. The number of aryl methyl sites for hydroxylation is 1. The van der Waals surface area contributed by atoms with Crippen LogP contribution in [-0.2, 0) is 4.84 Å².